The Labute approximate surface area is 207 Å². The number of carbonyl (C=O) groups is 2. The van der Waals surface area contributed by atoms with Crippen LogP contribution in [0.4, 0.5) is 0 Å². The number of carboxylic acid groups (broad SMARTS) is 2. The monoisotopic (exact) mass is 480 g/mol. The number of hydrogen-bond acceptors (Lipinski definition) is 4. The van der Waals surface area contributed by atoms with Crippen molar-refractivity contribution in [1.82, 2.24) is 0 Å². The molecule has 1 aromatic carbocycles. The van der Waals surface area contributed by atoms with E-state index in [4.69, 9.17) is 8.83 Å². The van der Waals surface area contributed by atoms with E-state index in [9.17, 15) is 19.8 Å². The Balaban J connectivity index is 1.79. The summed E-state index contributed by atoms with van der Waals surface area (Å²) in [7, 11) is 0. The van der Waals surface area contributed by atoms with Crippen LogP contribution in [0.25, 0.3) is 22.6 Å². The van der Waals surface area contributed by atoms with Gasteiger partial charge in [0.2, 0.25) is 0 Å². The lowest BCUT2D eigenvalue weighted by atomic mass is 9.86. The highest BCUT2D eigenvalue weighted by molar-refractivity contribution is 5.80. The van der Waals surface area contributed by atoms with Crippen molar-refractivity contribution in [2.24, 2.45) is 10.8 Å². The minimum Gasteiger partial charge on any atom is -0.481 e. The summed E-state index contributed by atoms with van der Waals surface area (Å²) in [5.74, 6) is 0.155. The summed E-state index contributed by atoms with van der Waals surface area (Å²) in [6.45, 7) is 9.75. The molecule has 0 amide bonds. The molecular formula is C29H36O6. The third-order valence-corrected chi connectivity index (χ3v) is 6.37. The molecule has 0 fully saturated rings. The number of furan rings is 2. The third kappa shape index (κ3) is 6.87. The average molecular weight is 481 g/mol. The molecule has 0 radical (unpaired) electrons. The van der Waals surface area contributed by atoms with Crippen LogP contribution in [0, 0.1) is 10.8 Å². The second-order valence-electron chi connectivity index (χ2n) is 11.0. The summed E-state index contributed by atoms with van der Waals surface area (Å²) in [5, 5.41) is 19.1. The molecule has 0 bridgehead atoms. The smallest absolute Gasteiger partial charge is 0.314 e. The van der Waals surface area contributed by atoms with Gasteiger partial charge in [0.25, 0.3) is 0 Å². The van der Waals surface area contributed by atoms with Crippen molar-refractivity contribution in [3.05, 3.63) is 60.1 Å². The van der Waals surface area contributed by atoms with Crippen molar-refractivity contribution in [2.75, 3.05) is 0 Å². The Morgan fingerprint density at radius 1 is 0.829 bits per heavy atom. The van der Waals surface area contributed by atoms with Crippen LogP contribution in [-0.2, 0) is 16.0 Å². The molecule has 188 valence electrons. The Bertz CT molecular complexity index is 1160. The van der Waals surface area contributed by atoms with E-state index in [-0.39, 0.29) is 5.41 Å². The van der Waals surface area contributed by atoms with Crippen molar-refractivity contribution in [3.8, 4) is 22.6 Å². The molecular weight excluding hydrogens is 444 g/mol. The van der Waals surface area contributed by atoms with Crippen molar-refractivity contribution in [2.45, 2.75) is 72.6 Å². The molecule has 0 spiro atoms. The largest absolute Gasteiger partial charge is 0.481 e. The second kappa shape index (κ2) is 10.5. The van der Waals surface area contributed by atoms with E-state index in [0.717, 1.165) is 23.3 Å². The van der Waals surface area contributed by atoms with Crippen LogP contribution in [0.1, 0.15) is 77.7 Å². The van der Waals surface area contributed by atoms with Gasteiger partial charge in [-0.25, -0.2) is 0 Å². The maximum Gasteiger partial charge on any atom is 0.314 e. The molecule has 6 nitrogen and oxygen atoms in total. The Morgan fingerprint density at radius 3 is 2.00 bits per heavy atom. The highest BCUT2D eigenvalue weighted by Gasteiger charge is 2.27. The summed E-state index contributed by atoms with van der Waals surface area (Å²) >= 11 is 0. The first-order valence-electron chi connectivity index (χ1n) is 12.1. The van der Waals surface area contributed by atoms with E-state index in [1.54, 1.807) is 19.9 Å². The molecule has 1 unspecified atom stereocenters. The molecule has 1 atom stereocenters. The summed E-state index contributed by atoms with van der Waals surface area (Å²) in [6, 6.07) is 15.1. The zero-order valence-electron chi connectivity index (χ0n) is 21.3. The molecule has 0 aliphatic rings. The maximum atomic E-state index is 11.9. The van der Waals surface area contributed by atoms with E-state index in [0.29, 0.717) is 43.0 Å². The van der Waals surface area contributed by atoms with Crippen molar-refractivity contribution >= 4 is 11.9 Å². The topological polar surface area (TPSA) is 101 Å². The summed E-state index contributed by atoms with van der Waals surface area (Å²) < 4.78 is 12.2. The molecule has 2 aromatic heterocycles. The van der Waals surface area contributed by atoms with Crippen LogP contribution in [0.3, 0.4) is 0 Å². The summed E-state index contributed by atoms with van der Waals surface area (Å²) in [6.07, 6.45) is 3.20. The Kier molecular flexibility index (Phi) is 7.93. The third-order valence-electron chi connectivity index (χ3n) is 6.37. The average Bonchev–Trinajstić information content (AvgIpc) is 3.43. The van der Waals surface area contributed by atoms with Gasteiger partial charge in [0, 0.05) is 17.5 Å². The van der Waals surface area contributed by atoms with Gasteiger partial charge in [0.1, 0.15) is 29.0 Å². The van der Waals surface area contributed by atoms with Gasteiger partial charge in [-0.15, -0.1) is 0 Å². The fraction of sp³-hybridized carbons (Fsp3) is 0.448. The normalized spacial score (nSPS) is 13.1. The molecule has 3 aromatic rings. The molecule has 35 heavy (non-hydrogen) atoms. The van der Waals surface area contributed by atoms with Crippen molar-refractivity contribution in [3.63, 3.8) is 0 Å². The van der Waals surface area contributed by atoms with Crippen LogP contribution in [0.15, 0.2) is 57.4 Å². The Hall–Kier alpha value is -3.28. The van der Waals surface area contributed by atoms with Gasteiger partial charge in [0.05, 0.1) is 5.41 Å². The standard InChI is InChI=1S/C29H36O6/c1-28(2,3)18-16-22(26(30)31)25-15-14-24(35-25)21-11-7-6-10-20(21)23-13-12-19(34-23)9-8-17-29(4,5)27(32)33/h6-7,10-15,22H,8-9,16-18H2,1-5H3,(H,30,31)(H,32,33). The van der Waals surface area contributed by atoms with Crippen molar-refractivity contribution < 1.29 is 28.6 Å². The second-order valence-corrected chi connectivity index (χ2v) is 11.0. The van der Waals surface area contributed by atoms with Crippen LogP contribution >= 0.6 is 0 Å². The van der Waals surface area contributed by atoms with Crippen molar-refractivity contribution in [1.29, 1.82) is 0 Å². The zero-order chi connectivity index (χ0) is 25.8. The molecule has 2 heterocycles. The fourth-order valence-electron chi connectivity index (χ4n) is 4.03. The molecule has 0 aliphatic carbocycles. The van der Waals surface area contributed by atoms with E-state index in [2.05, 4.69) is 20.8 Å². The van der Waals surface area contributed by atoms with E-state index < -0.39 is 23.3 Å². The van der Waals surface area contributed by atoms with E-state index in [1.807, 2.05) is 42.5 Å². The molecule has 0 saturated carbocycles. The predicted octanol–water partition coefficient (Wildman–Crippen LogP) is 7.63. The maximum absolute atomic E-state index is 11.9. The summed E-state index contributed by atoms with van der Waals surface area (Å²) in [4.78, 5) is 23.3. The van der Waals surface area contributed by atoms with Gasteiger partial charge in [-0.1, -0.05) is 45.0 Å². The number of aryl methyl sites for hydroxylation is 1. The lowest BCUT2D eigenvalue weighted by molar-refractivity contribution is -0.147. The number of hydrogen-bond donors (Lipinski definition) is 2. The van der Waals surface area contributed by atoms with E-state index >= 15 is 0 Å². The minimum atomic E-state index is -0.884. The first kappa shape index (κ1) is 26.3. The van der Waals surface area contributed by atoms with Gasteiger partial charge in [-0.05, 0) is 69.2 Å². The molecule has 0 saturated heterocycles. The Morgan fingerprint density at radius 2 is 1.43 bits per heavy atom. The highest BCUT2D eigenvalue weighted by Crippen LogP contribution is 2.37. The molecule has 3 rings (SSSR count). The quantitative estimate of drug-likeness (QED) is 0.292. The first-order chi connectivity index (χ1) is 16.4. The lowest BCUT2D eigenvalue weighted by Gasteiger charge is -2.20. The molecule has 2 N–H and O–H groups in total. The van der Waals surface area contributed by atoms with Crippen LogP contribution < -0.4 is 0 Å². The fourth-order valence-corrected chi connectivity index (χ4v) is 4.03. The number of carboxylic acids is 2. The van der Waals surface area contributed by atoms with Crippen LogP contribution in [0.2, 0.25) is 0 Å². The number of rotatable bonds is 11. The van der Waals surface area contributed by atoms with Crippen LogP contribution in [-0.4, -0.2) is 22.2 Å². The number of benzene rings is 1. The lowest BCUT2D eigenvalue weighted by Crippen LogP contribution is -2.23. The number of aliphatic carboxylic acids is 2. The zero-order valence-corrected chi connectivity index (χ0v) is 21.3. The first-order valence-corrected chi connectivity index (χ1v) is 12.1. The SMILES string of the molecule is CC(C)(C)CCC(C(=O)O)c1ccc(-c2ccccc2-c2ccc(CCCC(C)(C)C(=O)O)o2)o1. The highest BCUT2D eigenvalue weighted by atomic mass is 16.4. The van der Waals surface area contributed by atoms with Gasteiger partial charge in [-0.2, -0.15) is 0 Å². The van der Waals surface area contributed by atoms with Gasteiger partial charge in [0.15, 0.2) is 0 Å². The van der Waals surface area contributed by atoms with E-state index in [1.165, 1.54) is 0 Å². The van der Waals surface area contributed by atoms with Gasteiger partial charge < -0.3 is 19.0 Å². The predicted molar refractivity (Wildman–Crippen MR) is 135 cm³/mol. The molecule has 6 heteroatoms. The minimum absolute atomic E-state index is 0.0378. The van der Waals surface area contributed by atoms with Crippen LogP contribution in [0.5, 0.6) is 0 Å². The molecule has 0 aliphatic heterocycles. The van der Waals surface area contributed by atoms with Gasteiger partial charge >= 0.3 is 11.9 Å². The summed E-state index contributed by atoms with van der Waals surface area (Å²) in [5.41, 5.74) is 0.953. The van der Waals surface area contributed by atoms with Gasteiger partial charge in [-0.3, -0.25) is 9.59 Å².